The summed E-state index contributed by atoms with van der Waals surface area (Å²) in [4.78, 5) is 78.5. The molecule has 6 fully saturated rings. The fourth-order valence-corrected chi connectivity index (χ4v) is 12.9. The third-order valence-electron chi connectivity index (χ3n) is 19.6. The van der Waals surface area contributed by atoms with Crippen LogP contribution in [0.3, 0.4) is 0 Å². The van der Waals surface area contributed by atoms with Gasteiger partial charge in [-0.25, -0.2) is 0 Å². The number of rotatable bonds is 47. The SMILES string of the molecule is CCNC(=O)CCCCCNC(=O)CN(CC(=O)NCCCCCC(=O)NCCO[C@H]1O[C@H](CO[C@H]2O[C@H](CO)[C@@H](O)[C@H](O)[C@@H]2O)[C@@H](O)[C@H](O[C@H]2O[C@H](CO)[C@@H](O)[C@H](C)[C@@H]2O)[C@@H]1O)CC(=O)NCCCCCC(=O)NCCO[C@H]1O[C@H](CO[C@H]2O[C@H](CO)[C@@H](O)[C@H](O)[C@@H]2O)[C@@H](O)[C@H](O[C@H]2O[C@H](CO)[C@@H](O)[C@H](O)[C@@H]2O)[C@@H]1O. The highest BCUT2D eigenvalue weighted by Crippen LogP contribution is 2.35. The summed E-state index contributed by atoms with van der Waals surface area (Å²) in [6.45, 7) is -1.87. The Morgan fingerprint density at radius 1 is 0.306 bits per heavy atom. The van der Waals surface area contributed by atoms with Crippen molar-refractivity contribution in [3.8, 4) is 0 Å². The van der Waals surface area contributed by atoms with Crippen LogP contribution in [0, 0.1) is 5.92 Å². The molecule has 0 spiro atoms. The number of aliphatic hydroxyl groups excluding tert-OH is 19. The molecule has 6 amide bonds. The molecular weight excluding hydrogens is 1490 g/mol. The number of nitrogens with one attached hydrogen (secondary N) is 6. The van der Waals surface area contributed by atoms with E-state index in [1.54, 1.807) is 0 Å². The van der Waals surface area contributed by atoms with E-state index in [9.17, 15) is 126 Å². The van der Waals surface area contributed by atoms with Gasteiger partial charge in [0.15, 0.2) is 37.7 Å². The largest absolute Gasteiger partial charge is 0.394 e. The Morgan fingerprint density at radius 3 is 0.955 bits per heavy atom. The molecular formula is C67H119N7O37. The van der Waals surface area contributed by atoms with Crippen molar-refractivity contribution in [3.05, 3.63) is 0 Å². The molecule has 30 atom stereocenters. The maximum Gasteiger partial charge on any atom is 0.234 e. The van der Waals surface area contributed by atoms with E-state index in [2.05, 4.69) is 31.9 Å². The fourth-order valence-electron chi connectivity index (χ4n) is 12.9. The highest BCUT2D eigenvalue weighted by molar-refractivity contribution is 5.84. The Bertz CT molecular complexity index is 2580. The summed E-state index contributed by atoms with van der Waals surface area (Å²) in [6, 6.07) is 0. The van der Waals surface area contributed by atoms with Crippen LogP contribution in [0.4, 0.5) is 0 Å². The minimum absolute atomic E-state index is 0.0319. The molecule has 25 N–H and O–H groups in total. The molecule has 6 heterocycles. The van der Waals surface area contributed by atoms with Crippen LogP contribution in [-0.2, 0) is 85.6 Å². The van der Waals surface area contributed by atoms with Crippen LogP contribution >= 0.6 is 0 Å². The summed E-state index contributed by atoms with van der Waals surface area (Å²) in [6.07, 6.45) is -43.7. The van der Waals surface area contributed by atoms with E-state index < -0.39 is 253 Å². The Kier molecular flexibility index (Phi) is 42.0. The topological polar surface area (TPSA) is 673 Å². The number of amides is 6. The minimum atomic E-state index is -1.96. The normalized spacial score (nSPS) is 36.6. The average molecular weight is 1610 g/mol. The fraction of sp³-hybridized carbons (Fsp3) is 0.910. The number of aliphatic hydroxyl groups is 19. The number of hydrogen-bond acceptors (Lipinski definition) is 38. The third kappa shape index (κ3) is 29.0. The molecule has 6 aliphatic heterocycles. The van der Waals surface area contributed by atoms with Gasteiger partial charge in [0.1, 0.15) is 134 Å². The van der Waals surface area contributed by atoms with Gasteiger partial charge in [0.05, 0.1) is 78.6 Å². The lowest BCUT2D eigenvalue weighted by molar-refractivity contribution is -0.366. The van der Waals surface area contributed by atoms with Gasteiger partial charge >= 0.3 is 0 Å². The molecule has 6 aliphatic rings. The zero-order valence-electron chi connectivity index (χ0n) is 62.1. The quantitative estimate of drug-likeness (QED) is 0.0252. The second kappa shape index (κ2) is 48.9. The van der Waals surface area contributed by atoms with E-state index >= 15 is 0 Å². The Balaban J connectivity index is 0.905. The highest BCUT2D eigenvalue weighted by Gasteiger charge is 2.55. The maximum atomic E-state index is 13.3. The predicted molar refractivity (Wildman–Crippen MR) is 369 cm³/mol. The van der Waals surface area contributed by atoms with Crippen molar-refractivity contribution in [3.63, 3.8) is 0 Å². The highest BCUT2D eigenvalue weighted by atomic mass is 16.8. The van der Waals surface area contributed by atoms with Gasteiger partial charge in [-0.1, -0.05) is 26.2 Å². The zero-order chi connectivity index (χ0) is 81.6. The summed E-state index contributed by atoms with van der Waals surface area (Å²) in [7, 11) is 0. The molecule has 0 bridgehead atoms. The monoisotopic (exact) mass is 1610 g/mol. The van der Waals surface area contributed by atoms with Crippen LogP contribution in [0.15, 0.2) is 0 Å². The van der Waals surface area contributed by atoms with Crippen molar-refractivity contribution in [2.75, 3.05) is 112 Å². The van der Waals surface area contributed by atoms with Crippen molar-refractivity contribution in [2.45, 2.75) is 269 Å². The molecule has 6 rings (SSSR count). The molecule has 111 heavy (non-hydrogen) atoms. The molecule has 6 saturated heterocycles. The van der Waals surface area contributed by atoms with Crippen LogP contribution in [0.1, 0.15) is 90.9 Å². The molecule has 0 aromatic carbocycles. The van der Waals surface area contributed by atoms with Crippen LogP contribution in [0.5, 0.6) is 0 Å². The zero-order valence-corrected chi connectivity index (χ0v) is 62.1. The molecule has 44 nitrogen and oxygen atoms in total. The third-order valence-corrected chi connectivity index (χ3v) is 19.6. The van der Waals surface area contributed by atoms with Gasteiger partial charge < -0.3 is 186 Å². The molecule has 44 heteroatoms. The first-order chi connectivity index (χ1) is 53.0. The number of carbonyl (C=O) groups is 6. The maximum absolute atomic E-state index is 13.3. The lowest BCUT2D eigenvalue weighted by Gasteiger charge is -2.47. The van der Waals surface area contributed by atoms with Gasteiger partial charge in [0, 0.05) is 64.4 Å². The van der Waals surface area contributed by atoms with E-state index in [0.717, 1.165) is 0 Å². The summed E-state index contributed by atoms with van der Waals surface area (Å²) in [5.41, 5.74) is 0. The first kappa shape index (κ1) is 95.4. The number of nitrogens with zero attached hydrogens (tertiary/aromatic N) is 1. The average Bonchev–Trinajstić information content (AvgIpc) is 0.791. The summed E-state index contributed by atoms with van der Waals surface area (Å²) < 4.78 is 67.6. The lowest BCUT2D eigenvalue weighted by Crippen LogP contribution is -2.65. The van der Waals surface area contributed by atoms with E-state index in [0.29, 0.717) is 70.8 Å². The molecule has 644 valence electrons. The Hall–Kier alpha value is -4.46. The molecule has 0 saturated carbocycles. The molecule has 0 aromatic heterocycles. The van der Waals surface area contributed by atoms with Crippen molar-refractivity contribution < 1.29 is 183 Å². The van der Waals surface area contributed by atoms with Crippen LogP contribution in [0.2, 0.25) is 0 Å². The second-order valence-corrected chi connectivity index (χ2v) is 28.1. The predicted octanol–water partition coefficient (Wildman–Crippen LogP) is -13.1. The van der Waals surface area contributed by atoms with Crippen molar-refractivity contribution in [1.82, 2.24) is 36.8 Å². The van der Waals surface area contributed by atoms with E-state index in [4.69, 9.17) is 56.8 Å². The standard InChI is InChI=1S/C67H119N7O37/c1-3-68-39(79)13-7-4-10-16-69-42(82)23-74(24-43(83)70-17-11-5-8-14-40(80)72-19-21-100-64-58(98)60(110-66-46(86)32(2)45(85)33(26-75)106-66)50(90)37(108-64)30-102-62-55(95)52(92)47(87)34(27-76)104-62)25-44(84)71-18-12-6-9-15-41(81)73-20-22-101-65-59(99)61(111-67-57(97)54(94)49(89)36(29-78)107-67)51(91)38(109-65)31-103-63-56(96)53(93)48(88)35(28-77)105-63/h32-38,45-67,75-78,85-99H,3-31H2,1-2H3,(H,68,79)(H,69,82)(H,70,83)(H,71,84)(H,72,80)(H,73,81)/t32-,33+,34+,35+,36+,37+,38+,45-,46-,47+,48+,49+,50+,51+,52-,53-,54-,55-,56-,57-,58-,59-,60-,61-,62-,63-,64-,65-,66+,67+/m0/s1. The summed E-state index contributed by atoms with van der Waals surface area (Å²) in [5.74, 6) is -3.25. The van der Waals surface area contributed by atoms with Gasteiger partial charge in [0.25, 0.3) is 0 Å². The van der Waals surface area contributed by atoms with Gasteiger partial charge in [-0.2, -0.15) is 0 Å². The van der Waals surface area contributed by atoms with Crippen molar-refractivity contribution in [2.24, 2.45) is 5.92 Å². The Labute approximate surface area is 639 Å². The smallest absolute Gasteiger partial charge is 0.234 e. The van der Waals surface area contributed by atoms with Crippen molar-refractivity contribution >= 4 is 35.4 Å². The van der Waals surface area contributed by atoms with Gasteiger partial charge in [-0.05, 0) is 45.4 Å². The number of carbonyl (C=O) groups excluding carboxylic acids is 6. The van der Waals surface area contributed by atoms with Crippen molar-refractivity contribution in [1.29, 1.82) is 0 Å². The number of ether oxygens (including phenoxy) is 12. The van der Waals surface area contributed by atoms with E-state index in [-0.39, 0.29) is 84.3 Å². The van der Waals surface area contributed by atoms with E-state index in [1.165, 1.54) is 11.8 Å². The van der Waals surface area contributed by atoms with Gasteiger partial charge in [-0.3, -0.25) is 33.7 Å². The second-order valence-electron chi connectivity index (χ2n) is 28.1. The van der Waals surface area contributed by atoms with E-state index in [1.807, 2.05) is 6.92 Å². The number of hydrogen-bond donors (Lipinski definition) is 25. The molecule has 0 unspecified atom stereocenters. The molecule has 0 aliphatic carbocycles. The number of unbranched alkanes of at least 4 members (excludes halogenated alkanes) is 6. The molecule has 0 radical (unpaired) electrons. The summed E-state index contributed by atoms with van der Waals surface area (Å²) in [5, 5.41) is 215. The first-order valence-corrected chi connectivity index (χ1v) is 37.7. The van der Waals surface area contributed by atoms with Crippen LogP contribution < -0.4 is 31.9 Å². The minimum Gasteiger partial charge on any atom is -0.394 e. The summed E-state index contributed by atoms with van der Waals surface area (Å²) >= 11 is 0. The van der Waals surface area contributed by atoms with Gasteiger partial charge in [-0.15, -0.1) is 0 Å². The van der Waals surface area contributed by atoms with Crippen LogP contribution in [-0.4, -0.2) is 427 Å². The van der Waals surface area contributed by atoms with Gasteiger partial charge in [0.2, 0.25) is 35.4 Å². The first-order valence-electron chi connectivity index (χ1n) is 37.7. The van der Waals surface area contributed by atoms with Crippen LogP contribution in [0.25, 0.3) is 0 Å². The molecule has 0 aromatic rings. The lowest BCUT2D eigenvalue weighted by atomic mass is 9.90. The Morgan fingerprint density at radius 2 is 0.604 bits per heavy atom.